The highest BCUT2D eigenvalue weighted by molar-refractivity contribution is 5.73. The molecule has 0 radical (unpaired) electrons. The minimum atomic E-state index is -0.648. The maximum Gasteiger partial charge on any atom is 0.306 e. The Labute approximate surface area is 95.0 Å². The van der Waals surface area contributed by atoms with Gasteiger partial charge in [0, 0.05) is 0 Å². The molecule has 0 spiro atoms. The van der Waals surface area contributed by atoms with E-state index in [1.807, 2.05) is 24.3 Å². The summed E-state index contributed by atoms with van der Waals surface area (Å²) in [5.41, 5.74) is 1.17. The van der Waals surface area contributed by atoms with Gasteiger partial charge in [0.05, 0.1) is 13.0 Å². The van der Waals surface area contributed by atoms with Crippen LogP contribution in [0.2, 0.25) is 0 Å². The van der Waals surface area contributed by atoms with Crippen molar-refractivity contribution >= 4 is 5.97 Å². The van der Waals surface area contributed by atoms with Crippen LogP contribution in [0.5, 0.6) is 5.75 Å². The normalized spacial score (nSPS) is 22.8. The van der Waals surface area contributed by atoms with E-state index >= 15 is 0 Å². The summed E-state index contributed by atoms with van der Waals surface area (Å²) in [5.74, 6) is 0.511. The topological polar surface area (TPSA) is 46.5 Å². The fourth-order valence-electron chi connectivity index (χ4n) is 2.12. The molecule has 1 aromatic rings. The monoisotopic (exact) mass is 220 g/mol. The van der Waals surface area contributed by atoms with Crippen LogP contribution in [-0.2, 0) is 11.2 Å². The van der Waals surface area contributed by atoms with Gasteiger partial charge in [0.2, 0.25) is 0 Å². The maximum absolute atomic E-state index is 10.7. The molecule has 0 amide bonds. The van der Waals surface area contributed by atoms with Gasteiger partial charge in [-0.1, -0.05) is 18.2 Å². The van der Waals surface area contributed by atoms with Crippen LogP contribution in [0.25, 0.3) is 0 Å². The van der Waals surface area contributed by atoms with Crippen molar-refractivity contribution in [1.82, 2.24) is 0 Å². The molecule has 1 aliphatic carbocycles. The molecule has 0 saturated heterocycles. The minimum Gasteiger partial charge on any atom is -0.496 e. The number of carboxylic acids is 1. The molecule has 86 valence electrons. The lowest BCUT2D eigenvalue weighted by Gasteiger charge is -2.07. The van der Waals surface area contributed by atoms with Gasteiger partial charge >= 0.3 is 5.97 Å². The van der Waals surface area contributed by atoms with Crippen molar-refractivity contribution in [3.8, 4) is 5.75 Å². The van der Waals surface area contributed by atoms with Gasteiger partial charge in [-0.3, -0.25) is 4.79 Å². The number of hydrogen-bond acceptors (Lipinski definition) is 2. The molecule has 2 rings (SSSR count). The number of rotatable bonds is 5. The summed E-state index contributed by atoms with van der Waals surface area (Å²) >= 11 is 0. The summed E-state index contributed by atoms with van der Waals surface area (Å²) in [4.78, 5) is 10.7. The lowest BCUT2D eigenvalue weighted by Crippen LogP contribution is -2.00. The summed E-state index contributed by atoms with van der Waals surface area (Å²) in [6.07, 6.45) is 2.68. The van der Waals surface area contributed by atoms with Crippen LogP contribution >= 0.6 is 0 Å². The van der Waals surface area contributed by atoms with E-state index in [0.717, 1.165) is 25.0 Å². The molecule has 1 aliphatic rings. The first kappa shape index (κ1) is 11.0. The largest absolute Gasteiger partial charge is 0.496 e. The second kappa shape index (κ2) is 4.56. The van der Waals surface area contributed by atoms with E-state index < -0.39 is 5.97 Å². The van der Waals surface area contributed by atoms with Crippen LogP contribution in [0.3, 0.4) is 0 Å². The average Bonchev–Trinajstić information content (AvgIpc) is 3.06. The Morgan fingerprint density at radius 2 is 2.25 bits per heavy atom. The van der Waals surface area contributed by atoms with Crippen molar-refractivity contribution in [2.24, 2.45) is 11.8 Å². The zero-order valence-electron chi connectivity index (χ0n) is 9.35. The van der Waals surface area contributed by atoms with Crippen molar-refractivity contribution < 1.29 is 14.6 Å². The summed E-state index contributed by atoms with van der Waals surface area (Å²) in [7, 11) is 1.66. The molecule has 0 aromatic heterocycles. The maximum atomic E-state index is 10.7. The van der Waals surface area contributed by atoms with Crippen molar-refractivity contribution in [1.29, 1.82) is 0 Å². The predicted octanol–water partition coefficient (Wildman–Crippen LogP) is 2.35. The molecule has 0 bridgehead atoms. The van der Waals surface area contributed by atoms with Gasteiger partial charge in [0.25, 0.3) is 0 Å². The van der Waals surface area contributed by atoms with Crippen molar-refractivity contribution in [3.63, 3.8) is 0 Å². The molecule has 0 aliphatic heterocycles. The molecule has 3 heteroatoms. The van der Waals surface area contributed by atoms with Gasteiger partial charge in [-0.05, 0) is 36.8 Å². The second-order valence-corrected chi connectivity index (χ2v) is 4.29. The van der Waals surface area contributed by atoms with Crippen LogP contribution in [0.15, 0.2) is 24.3 Å². The Kier molecular flexibility index (Phi) is 3.13. The highest BCUT2D eigenvalue weighted by atomic mass is 16.5. The number of aliphatic carboxylic acids is 1. The molecule has 2 unspecified atom stereocenters. The van der Waals surface area contributed by atoms with Gasteiger partial charge in [-0.2, -0.15) is 0 Å². The minimum absolute atomic E-state index is 0.102. The number of methoxy groups -OCH3 is 1. The van der Waals surface area contributed by atoms with E-state index in [-0.39, 0.29) is 5.92 Å². The molecule has 1 fully saturated rings. The molecular formula is C13H16O3. The number of ether oxygens (including phenoxy) is 1. The number of aryl methyl sites for hydroxylation is 1. The Balaban J connectivity index is 1.88. The summed E-state index contributed by atoms with van der Waals surface area (Å²) in [6.45, 7) is 0. The lowest BCUT2D eigenvalue weighted by molar-refractivity contribution is -0.138. The quantitative estimate of drug-likeness (QED) is 0.828. The van der Waals surface area contributed by atoms with Crippen LogP contribution in [0.1, 0.15) is 18.4 Å². The van der Waals surface area contributed by atoms with Crippen LogP contribution in [-0.4, -0.2) is 18.2 Å². The highest BCUT2D eigenvalue weighted by Gasteiger charge is 2.42. The Morgan fingerprint density at radius 1 is 1.50 bits per heavy atom. The SMILES string of the molecule is COc1ccccc1CCC1CC1C(=O)O. The van der Waals surface area contributed by atoms with Crippen LogP contribution < -0.4 is 4.74 Å². The van der Waals surface area contributed by atoms with Gasteiger partial charge in [0.1, 0.15) is 5.75 Å². The van der Waals surface area contributed by atoms with Gasteiger partial charge in [-0.15, -0.1) is 0 Å². The van der Waals surface area contributed by atoms with E-state index in [9.17, 15) is 4.79 Å². The third kappa shape index (κ3) is 2.35. The first-order chi connectivity index (χ1) is 7.72. The van der Waals surface area contributed by atoms with Crippen molar-refractivity contribution in [2.45, 2.75) is 19.3 Å². The van der Waals surface area contributed by atoms with Gasteiger partial charge in [-0.25, -0.2) is 0 Å². The fourth-order valence-corrected chi connectivity index (χ4v) is 2.12. The molecule has 2 atom stereocenters. The van der Waals surface area contributed by atoms with Gasteiger partial charge in [0.15, 0.2) is 0 Å². The van der Waals surface area contributed by atoms with Crippen LogP contribution in [0, 0.1) is 11.8 Å². The van der Waals surface area contributed by atoms with Crippen molar-refractivity contribution in [2.75, 3.05) is 7.11 Å². The fraction of sp³-hybridized carbons (Fsp3) is 0.462. The molecule has 3 nitrogen and oxygen atoms in total. The summed E-state index contributed by atoms with van der Waals surface area (Å²) < 4.78 is 5.26. The summed E-state index contributed by atoms with van der Waals surface area (Å²) in [5, 5.41) is 8.80. The average molecular weight is 220 g/mol. The van der Waals surface area contributed by atoms with Crippen molar-refractivity contribution in [3.05, 3.63) is 29.8 Å². The number of hydrogen-bond donors (Lipinski definition) is 1. The zero-order valence-corrected chi connectivity index (χ0v) is 9.35. The Morgan fingerprint density at radius 3 is 2.88 bits per heavy atom. The molecule has 16 heavy (non-hydrogen) atoms. The molecule has 1 saturated carbocycles. The smallest absolute Gasteiger partial charge is 0.306 e. The Bertz CT molecular complexity index is 387. The van der Waals surface area contributed by atoms with E-state index in [1.54, 1.807) is 7.11 Å². The second-order valence-electron chi connectivity index (χ2n) is 4.29. The first-order valence-corrected chi connectivity index (χ1v) is 5.57. The molecular weight excluding hydrogens is 204 g/mol. The predicted molar refractivity (Wildman–Crippen MR) is 60.5 cm³/mol. The third-order valence-corrected chi connectivity index (χ3v) is 3.22. The first-order valence-electron chi connectivity index (χ1n) is 5.57. The molecule has 1 N–H and O–H groups in total. The molecule has 0 heterocycles. The van der Waals surface area contributed by atoms with E-state index in [2.05, 4.69) is 0 Å². The Hall–Kier alpha value is -1.51. The van der Waals surface area contributed by atoms with E-state index in [0.29, 0.717) is 5.92 Å². The van der Waals surface area contributed by atoms with E-state index in [4.69, 9.17) is 9.84 Å². The number of carbonyl (C=O) groups is 1. The zero-order chi connectivity index (χ0) is 11.5. The summed E-state index contributed by atoms with van der Waals surface area (Å²) in [6, 6.07) is 7.91. The number of carboxylic acid groups (broad SMARTS) is 1. The van der Waals surface area contributed by atoms with Gasteiger partial charge < -0.3 is 9.84 Å². The third-order valence-electron chi connectivity index (χ3n) is 3.22. The standard InChI is InChI=1S/C13H16O3/c1-16-12-5-3-2-4-9(12)6-7-10-8-11(10)13(14)15/h2-5,10-11H,6-8H2,1H3,(H,14,15). The molecule has 1 aromatic carbocycles. The van der Waals surface area contributed by atoms with Crippen LogP contribution in [0.4, 0.5) is 0 Å². The number of para-hydroxylation sites is 1. The van der Waals surface area contributed by atoms with E-state index in [1.165, 1.54) is 5.56 Å². The lowest BCUT2D eigenvalue weighted by atomic mass is 10.1. The number of benzene rings is 1. The highest BCUT2D eigenvalue weighted by Crippen LogP contribution is 2.42.